The molecule has 0 saturated carbocycles. The summed E-state index contributed by atoms with van der Waals surface area (Å²) in [6, 6.07) is 3.56. The van der Waals surface area contributed by atoms with E-state index in [0.29, 0.717) is 48.3 Å². The van der Waals surface area contributed by atoms with Crippen LogP contribution in [-0.2, 0) is 15.9 Å². The maximum absolute atomic E-state index is 12.1. The first-order valence-electron chi connectivity index (χ1n) is 9.77. The Morgan fingerprint density at radius 2 is 2.10 bits per heavy atom. The zero-order valence-electron chi connectivity index (χ0n) is 16.4. The van der Waals surface area contributed by atoms with Gasteiger partial charge in [-0.3, -0.25) is 0 Å². The Kier molecular flexibility index (Phi) is 4.88. The molecule has 2 aliphatic rings. The van der Waals surface area contributed by atoms with Crippen LogP contribution in [0.25, 0.3) is 17.1 Å². The van der Waals surface area contributed by atoms with E-state index < -0.39 is 5.97 Å². The molecule has 0 spiro atoms. The molecule has 1 atom stereocenters. The number of halogens is 1. The van der Waals surface area contributed by atoms with Crippen molar-refractivity contribution in [3.05, 3.63) is 52.1 Å². The van der Waals surface area contributed by atoms with E-state index in [4.69, 9.17) is 31.0 Å². The molecular weight excluding hydrogens is 406 g/mol. The smallest absolute Gasteiger partial charge is 0.356 e. The molecule has 1 aliphatic heterocycles. The topological polar surface area (TPSA) is 93.2 Å². The largest absolute Gasteiger partial charge is 0.464 e. The van der Waals surface area contributed by atoms with Crippen LogP contribution in [0.2, 0.25) is 5.02 Å². The molecule has 8 nitrogen and oxygen atoms in total. The number of esters is 1. The second-order valence-electron chi connectivity index (χ2n) is 7.27. The summed E-state index contributed by atoms with van der Waals surface area (Å²) in [6.45, 7) is 2.66. The molecule has 1 aliphatic carbocycles. The number of rotatable bonds is 3. The van der Waals surface area contributed by atoms with E-state index >= 15 is 0 Å². The fourth-order valence-electron chi connectivity index (χ4n) is 3.90. The summed E-state index contributed by atoms with van der Waals surface area (Å²) < 4.78 is 10.3. The lowest BCUT2D eigenvalue weighted by molar-refractivity contribution is 0.0594. The van der Waals surface area contributed by atoms with Crippen molar-refractivity contribution in [2.24, 2.45) is 0 Å². The summed E-state index contributed by atoms with van der Waals surface area (Å²) in [6.07, 6.45) is 6.85. The molecule has 1 unspecified atom stereocenters. The highest BCUT2D eigenvalue weighted by Gasteiger charge is 2.26. The van der Waals surface area contributed by atoms with E-state index in [2.05, 4.69) is 33.1 Å². The Morgan fingerprint density at radius 1 is 1.27 bits per heavy atom. The fourth-order valence-corrected chi connectivity index (χ4v) is 4.14. The number of pyridine rings is 1. The Bertz CT molecular complexity index is 1150. The van der Waals surface area contributed by atoms with Crippen LogP contribution in [0.4, 0.5) is 5.95 Å². The van der Waals surface area contributed by atoms with Crippen LogP contribution >= 0.6 is 11.6 Å². The van der Waals surface area contributed by atoms with Gasteiger partial charge in [-0.2, -0.15) is 0 Å². The van der Waals surface area contributed by atoms with Gasteiger partial charge in [0.15, 0.2) is 5.69 Å². The van der Waals surface area contributed by atoms with Crippen LogP contribution in [0.1, 0.15) is 33.4 Å². The molecule has 154 valence electrons. The lowest BCUT2D eigenvalue weighted by Gasteiger charge is -2.28. The third-order valence-corrected chi connectivity index (χ3v) is 5.75. The van der Waals surface area contributed by atoms with Gasteiger partial charge in [0.1, 0.15) is 11.0 Å². The summed E-state index contributed by atoms with van der Waals surface area (Å²) in [7, 11) is 1.32. The first-order chi connectivity index (χ1) is 14.6. The maximum atomic E-state index is 12.1. The average molecular weight is 426 g/mol. The summed E-state index contributed by atoms with van der Waals surface area (Å²) in [5.41, 5.74) is 4.24. The number of nitrogens with zero attached hydrogens (tertiary/aromatic N) is 4. The van der Waals surface area contributed by atoms with Gasteiger partial charge in [-0.1, -0.05) is 17.7 Å². The fraction of sp³-hybridized carbons (Fsp3) is 0.333. The third kappa shape index (κ3) is 3.32. The molecule has 0 amide bonds. The molecule has 0 radical (unpaired) electrons. The number of hydrogen-bond acceptors (Lipinski definition) is 7. The molecule has 0 aromatic carbocycles. The van der Waals surface area contributed by atoms with Gasteiger partial charge in [-0.15, -0.1) is 0 Å². The van der Waals surface area contributed by atoms with Gasteiger partial charge in [0.2, 0.25) is 5.95 Å². The van der Waals surface area contributed by atoms with Crippen LogP contribution < -0.4 is 4.90 Å². The second-order valence-corrected chi connectivity index (χ2v) is 7.68. The highest BCUT2D eigenvalue weighted by Crippen LogP contribution is 2.35. The zero-order chi connectivity index (χ0) is 20.7. The first-order valence-corrected chi connectivity index (χ1v) is 10.2. The minimum atomic E-state index is -0.547. The van der Waals surface area contributed by atoms with Crippen molar-refractivity contribution >= 4 is 40.6 Å². The highest BCUT2D eigenvalue weighted by molar-refractivity contribution is 6.35. The van der Waals surface area contributed by atoms with Gasteiger partial charge >= 0.3 is 5.97 Å². The Balaban J connectivity index is 1.68. The van der Waals surface area contributed by atoms with Crippen LogP contribution in [0.15, 0.2) is 24.4 Å². The van der Waals surface area contributed by atoms with Crippen molar-refractivity contribution in [1.29, 1.82) is 0 Å². The molecule has 3 aromatic heterocycles. The Labute approximate surface area is 177 Å². The molecule has 3 aromatic rings. The van der Waals surface area contributed by atoms with Gasteiger partial charge in [-0.25, -0.2) is 19.7 Å². The quantitative estimate of drug-likeness (QED) is 0.644. The predicted octanol–water partition coefficient (Wildman–Crippen LogP) is 2.98. The molecule has 0 bridgehead atoms. The summed E-state index contributed by atoms with van der Waals surface area (Å²) in [5, 5.41) is 0.348. The number of anilines is 1. The van der Waals surface area contributed by atoms with Crippen LogP contribution in [0.3, 0.4) is 0 Å². The highest BCUT2D eigenvalue weighted by atomic mass is 35.5. The number of allylic oxidation sites excluding steroid dienone is 1. The number of fused-ring (bicyclic) bond motifs is 2. The van der Waals surface area contributed by atoms with E-state index in [-0.39, 0.29) is 11.6 Å². The van der Waals surface area contributed by atoms with Crippen LogP contribution in [0.5, 0.6) is 0 Å². The molecule has 1 fully saturated rings. The van der Waals surface area contributed by atoms with E-state index in [0.717, 1.165) is 17.8 Å². The van der Waals surface area contributed by atoms with Crippen molar-refractivity contribution in [2.45, 2.75) is 12.3 Å². The predicted molar refractivity (Wildman–Crippen MR) is 113 cm³/mol. The second kappa shape index (κ2) is 7.70. The minimum absolute atomic E-state index is 0.0185. The van der Waals surface area contributed by atoms with Crippen molar-refractivity contribution in [1.82, 2.24) is 19.9 Å². The van der Waals surface area contributed by atoms with E-state index in [1.807, 2.05) is 6.20 Å². The number of methoxy groups -OCH3 is 1. The number of aromatic nitrogens is 4. The molecule has 5 rings (SSSR count). The Hall–Kier alpha value is -2.97. The first kappa shape index (κ1) is 19.0. The number of H-pyrrole nitrogens is 1. The van der Waals surface area contributed by atoms with Gasteiger partial charge in [0, 0.05) is 30.9 Å². The maximum Gasteiger partial charge on any atom is 0.356 e. The van der Waals surface area contributed by atoms with Crippen LogP contribution in [0, 0.1) is 0 Å². The number of hydrogen-bond donors (Lipinski definition) is 1. The zero-order valence-corrected chi connectivity index (χ0v) is 17.1. The van der Waals surface area contributed by atoms with Gasteiger partial charge in [0.05, 0.1) is 31.0 Å². The van der Waals surface area contributed by atoms with Crippen molar-refractivity contribution in [3.8, 4) is 0 Å². The van der Waals surface area contributed by atoms with Crippen molar-refractivity contribution < 1.29 is 14.3 Å². The minimum Gasteiger partial charge on any atom is -0.464 e. The van der Waals surface area contributed by atoms with Gasteiger partial charge in [-0.05, 0) is 30.2 Å². The number of aromatic amines is 1. The Morgan fingerprint density at radius 3 is 2.90 bits per heavy atom. The van der Waals surface area contributed by atoms with E-state index in [1.165, 1.54) is 18.7 Å². The molecule has 4 heterocycles. The van der Waals surface area contributed by atoms with Crippen molar-refractivity contribution in [2.75, 3.05) is 38.3 Å². The molecule has 1 saturated heterocycles. The molecule has 1 N–H and O–H groups in total. The summed E-state index contributed by atoms with van der Waals surface area (Å²) in [5.74, 6) is 0.0350. The number of morpholine rings is 1. The lowest BCUT2D eigenvalue weighted by atomic mass is 9.90. The summed E-state index contributed by atoms with van der Waals surface area (Å²) >= 11 is 6.54. The molecule has 30 heavy (non-hydrogen) atoms. The summed E-state index contributed by atoms with van der Waals surface area (Å²) in [4.78, 5) is 31.6. The van der Waals surface area contributed by atoms with Crippen molar-refractivity contribution in [3.63, 3.8) is 0 Å². The average Bonchev–Trinajstić information content (AvgIpc) is 3.26. The SMILES string of the molecule is COC(=O)c1cc(Cl)c2nc(N3CCOCC3)nc(C3C=Cc4[nH]ccc4C3)c2n1. The lowest BCUT2D eigenvalue weighted by Crippen LogP contribution is -2.37. The number of nitrogens with one attached hydrogen (secondary N) is 1. The number of carbonyl (C=O) groups is 1. The standard InChI is InChI=1S/C21H20ClN5O3/c1-29-20(28)16-11-14(22)18-19(24-16)17(13-2-3-15-12(10-13)4-5-23-15)25-21(26-18)27-6-8-30-9-7-27/h2-5,11,13,23H,6-10H2,1H3. The normalized spacial score (nSPS) is 18.5. The van der Waals surface area contributed by atoms with E-state index in [9.17, 15) is 4.79 Å². The number of ether oxygens (including phenoxy) is 2. The third-order valence-electron chi connectivity index (χ3n) is 5.47. The van der Waals surface area contributed by atoms with Gasteiger partial charge < -0.3 is 19.4 Å². The van der Waals surface area contributed by atoms with Gasteiger partial charge in [0.25, 0.3) is 0 Å². The number of carbonyl (C=O) groups excluding carboxylic acids is 1. The molecular formula is C21H20ClN5O3. The monoisotopic (exact) mass is 425 g/mol. The van der Waals surface area contributed by atoms with E-state index in [1.54, 1.807) is 0 Å². The van der Waals surface area contributed by atoms with Crippen LogP contribution in [-0.4, -0.2) is 59.3 Å². The molecule has 9 heteroatoms.